The summed E-state index contributed by atoms with van der Waals surface area (Å²) in [7, 11) is 0. The van der Waals surface area contributed by atoms with Crippen LogP contribution in [0.3, 0.4) is 0 Å². The van der Waals surface area contributed by atoms with Gasteiger partial charge in [-0.25, -0.2) is 0 Å². The van der Waals surface area contributed by atoms with E-state index in [1.165, 1.54) is 28.6 Å². The second kappa shape index (κ2) is 6.95. The molecule has 0 saturated carbocycles. The van der Waals surface area contributed by atoms with E-state index in [0.717, 1.165) is 19.0 Å². The highest BCUT2D eigenvalue weighted by Gasteiger charge is 2.27. The number of anilines is 1. The van der Waals surface area contributed by atoms with E-state index in [1.54, 1.807) is 0 Å². The lowest BCUT2D eigenvalue weighted by Crippen LogP contribution is -2.56. The molecule has 1 N–H and O–H groups in total. The molecule has 1 aliphatic heterocycles. The standard InChI is InChI=1S/C17H27BrN2/c1-5-16-10-19-15(6-12(2)3)11-20(16)17-8-13(4)7-14(18)9-17/h7-9,12,15-16,19H,5-6,10-11H2,1-4H3. The van der Waals surface area contributed by atoms with Gasteiger partial charge in [0, 0.05) is 35.3 Å². The van der Waals surface area contributed by atoms with Gasteiger partial charge in [0.05, 0.1) is 0 Å². The Labute approximate surface area is 132 Å². The van der Waals surface area contributed by atoms with Crippen molar-refractivity contribution in [3.05, 3.63) is 28.2 Å². The van der Waals surface area contributed by atoms with Crippen molar-refractivity contribution < 1.29 is 0 Å². The van der Waals surface area contributed by atoms with E-state index in [9.17, 15) is 0 Å². The topological polar surface area (TPSA) is 15.3 Å². The maximum atomic E-state index is 3.73. The lowest BCUT2D eigenvalue weighted by Gasteiger charge is -2.42. The van der Waals surface area contributed by atoms with Crippen molar-refractivity contribution in [1.82, 2.24) is 5.32 Å². The van der Waals surface area contributed by atoms with Gasteiger partial charge < -0.3 is 10.2 Å². The lowest BCUT2D eigenvalue weighted by atomic mass is 9.98. The highest BCUT2D eigenvalue weighted by atomic mass is 79.9. The van der Waals surface area contributed by atoms with Gasteiger partial charge in [0.2, 0.25) is 0 Å². The molecule has 3 heteroatoms. The first-order chi connectivity index (χ1) is 9.49. The van der Waals surface area contributed by atoms with Crippen LogP contribution in [0.5, 0.6) is 0 Å². The smallest absolute Gasteiger partial charge is 0.0412 e. The first-order valence-corrected chi connectivity index (χ1v) is 8.56. The maximum Gasteiger partial charge on any atom is 0.0412 e. The predicted octanol–water partition coefficient (Wildman–Crippen LogP) is 4.36. The molecular weight excluding hydrogens is 312 g/mol. The second-order valence-electron chi connectivity index (χ2n) is 6.44. The molecule has 0 aliphatic carbocycles. The third-order valence-corrected chi connectivity index (χ3v) is 4.54. The summed E-state index contributed by atoms with van der Waals surface area (Å²) in [5.74, 6) is 0.747. The van der Waals surface area contributed by atoms with Crippen molar-refractivity contribution >= 4 is 21.6 Å². The third kappa shape index (κ3) is 3.98. The molecule has 1 aromatic rings. The normalized spacial score (nSPS) is 23.4. The SMILES string of the molecule is CCC1CNC(CC(C)C)CN1c1cc(C)cc(Br)c1. The molecule has 20 heavy (non-hydrogen) atoms. The van der Waals surface area contributed by atoms with Crippen LogP contribution in [-0.4, -0.2) is 25.2 Å². The number of benzene rings is 1. The quantitative estimate of drug-likeness (QED) is 0.877. The summed E-state index contributed by atoms with van der Waals surface area (Å²) in [5, 5.41) is 3.73. The molecule has 0 bridgehead atoms. The molecule has 2 unspecified atom stereocenters. The van der Waals surface area contributed by atoms with Gasteiger partial charge in [-0.3, -0.25) is 0 Å². The molecule has 112 valence electrons. The van der Waals surface area contributed by atoms with Crippen LogP contribution in [0.15, 0.2) is 22.7 Å². The lowest BCUT2D eigenvalue weighted by molar-refractivity contribution is 0.343. The monoisotopic (exact) mass is 338 g/mol. The average molecular weight is 339 g/mol. The Morgan fingerprint density at radius 1 is 1.35 bits per heavy atom. The Balaban J connectivity index is 2.19. The van der Waals surface area contributed by atoms with E-state index in [0.29, 0.717) is 12.1 Å². The van der Waals surface area contributed by atoms with Crippen molar-refractivity contribution in [1.29, 1.82) is 0 Å². The first kappa shape index (κ1) is 15.8. The van der Waals surface area contributed by atoms with E-state index in [1.807, 2.05) is 0 Å². The van der Waals surface area contributed by atoms with Crippen molar-refractivity contribution in [3.63, 3.8) is 0 Å². The molecule has 1 saturated heterocycles. The average Bonchev–Trinajstić information content (AvgIpc) is 2.36. The molecule has 2 nitrogen and oxygen atoms in total. The van der Waals surface area contributed by atoms with Crippen molar-refractivity contribution in [2.45, 2.75) is 52.6 Å². The minimum absolute atomic E-state index is 0.604. The summed E-state index contributed by atoms with van der Waals surface area (Å²) in [5.41, 5.74) is 2.68. The van der Waals surface area contributed by atoms with Crippen LogP contribution in [0, 0.1) is 12.8 Å². The van der Waals surface area contributed by atoms with Crippen LogP contribution < -0.4 is 10.2 Å². The molecule has 0 amide bonds. The molecule has 1 fully saturated rings. The Kier molecular flexibility index (Phi) is 5.50. The van der Waals surface area contributed by atoms with Gasteiger partial charge in [0.15, 0.2) is 0 Å². The molecule has 0 aromatic heterocycles. The Bertz CT molecular complexity index is 424. The Hall–Kier alpha value is -0.540. The second-order valence-corrected chi connectivity index (χ2v) is 7.35. The molecule has 0 spiro atoms. The summed E-state index contributed by atoms with van der Waals surface area (Å²) in [6, 6.07) is 7.96. The fraction of sp³-hybridized carbons (Fsp3) is 0.647. The summed E-state index contributed by atoms with van der Waals surface area (Å²) < 4.78 is 1.18. The number of nitrogens with one attached hydrogen (secondary N) is 1. The van der Waals surface area contributed by atoms with Crippen LogP contribution in [-0.2, 0) is 0 Å². The molecule has 1 aromatic carbocycles. The highest BCUT2D eigenvalue weighted by molar-refractivity contribution is 9.10. The number of nitrogens with zero attached hydrogens (tertiary/aromatic N) is 1. The number of halogens is 1. The van der Waals surface area contributed by atoms with Gasteiger partial charge >= 0.3 is 0 Å². The van der Waals surface area contributed by atoms with Gasteiger partial charge in [-0.2, -0.15) is 0 Å². The van der Waals surface area contributed by atoms with Crippen molar-refractivity contribution in [2.24, 2.45) is 5.92 Å². The zero-order valence-electron chi connectivity index (χ0n) is 13.1. The summed E-state index contributed by atoms with van der Waals surface area (Å²) >= 11 is 3.63. The summed E-state index contributed by atoms with van der Waals surface area (Å²) in [6.07, 6.45) is 2.44. The zero-order chi connectivity index (χ0) is 14.7. The minimum atomic E-state index is 0.604. The molecule has 2 rings (SSSR count). The fourth-order valence-corrected chi connectivity index (χ4v) is 3.75. The minimum Gasteiger partial charge on any atom is -0.366 e. The largest absolute Gasteiger partial charge is 0.366 e. The van der Waals surface area contributed by atoms with E-state index >= 15 is 0 Å². The van der Waals surface area contributed by atoms with Crippen LogP contribution in [0.4, 0.5) is 5.69 Å². The molecule has 1 aliphatic rings. The number of hydrogen-bond acceptors (Lipinski definition) is 2. The zero-order valence-corrected chi connectivity index (χ0v) is 14.7. The van der Waals surface area contributed by atoms with E-state index in [-0.39, 0.29) is 0 Å². The fourth-order valence-electron chi connectivity index (χ4n) is 3.15. The van der Waals surface area contributed by atoms with Gasteiger partial charge in [-0.05, 0) is 49.4 Å². The molecular formula is C17H27BrN2. The maximum absolute atomic E-state index is 3.73. The molecule has 1 heterocycles. The number of hydrogen-bond donors (Lipinski definition) is 1. The molecule has 0 radical (unpaired) electrons. The van der Waals surface area contributed by atoms with Gasteiger partial charge in [0.25, 0.3) is 0 Å². The van der Waals surface area contributed by atoms with Crippen LogP contribution in [0.2, 0.25) is 0 Å². The van der Waals surface area contributed by atoms with Crippen molar-refractivity contribution in [2.75, 3.05) is 18.0 Å². The summed E-state index contributed by atoms with van der Waals surface area (Å²) in [4.78, 5) is 2.60. The Morgan fingerprint density at radius 2 is 2.10 bits per heavy atom. The van der Waals surface area contributed by atoms with Crippen molar-refractivity contribution in [3.8, 4) is 0 Å². The van der Waals surface area contributed by atoms with Gasteiger partial charge in [-0.15, -0.1) is 0 Å². The number of aryl methyl sites for hydroxylation is 1. The van der Waals surface area contributed by atoms with Crippen LogP contribution in [0.1, 0.15) is 39.2 Å². The van der Waals surface area contributed by atoms with Crippen LogP contribution in [0.25, 0.3) is 0 Å². The highest BCUT2D eigenvalue weighted by Crippen LogP contribution is 2.27. The Morgan fingerprint density at radius 3 is 2.70 bits per heavy atom. The van der Waals surface area contributed by atoms with Crippen LogP contribution >= 0.6 is 15.9 Å². The van der Waals surface area contributed by atoms with Gasteiger partial charge in [0.1, 0.15) is 0 Å². The first-order valence-electron chi connectivity index (χ1n) is 7.76. The van der Waals surface area contributed by atoms with E-state index in [2.05, 4.69) is 72.0 Å². The van der Waals surface area contributed by atoms with E-state index in [4.69, 9.17) is 0 Å². The third-order valence-electron chi connectivity index (χ3n) is 4.09. The number of rotatable bonds is 4. The van der Waals surface area contributed by atoms with Gasteiger partial charge in [-0.1, -0.05) is 36.7 Å². The van der Waals surface area contributed by atoms with E-state index < -0.39 is 0 Å². The molecule has 2 atom stereocenters. The number of piperazine rings is 1. The summed E-state index contributed by atoms with van der Waals surface area (Å²) in [6.45, 7) is 11.3. The predicted molar refractivity (Wildman–Crippen MR) is 91.5 cm³/mol.